The van der Waals surface area contributed by atoms with Crippen LogP contribution in [0.3, 0.4) is 0 Å². The van der Waals surface area contributed by atoms with E-state index in [9.17, 15) is 0 Å². The van der Waals surface area contributed by atoms with Crippen LogP contribution in [-0.2, 0) is 6.54 Å². The predicted octanol–water partition coefficient (Wildman–Crippen LogP) is 2.01. The average molecular weight is 490 g/mol. The lowest BCUT2D eigenvalue weighted by Crippen LogP contribution is -3.00. The van der Waals surface area contributed by atoms with Gasteiger partial charge in [-0.3, -0.25) is 0 Å². The van der Waals surface area contributed by atoms with Crippen molar-refractivity contribution in [3.63, 3.8) is 0 Å². The molecular weight excluding hydrogens is 467 g/mol. The van der Waals surface area contributed by atoms with Crippen LogP contribution in [-0.4, -0.2) is 14.2 Å². The molecule has 140 valence electrons. The fourth-order valence-corrected chi connectivity index (χ4v) is 4.51. The highest BCUT2D eigenvalue weighted by atomic mass is 127. The topological polar surface area (TPSA) is 16.4 Å². The molecule has 2 heterocycles. The molecule has 0 atom stereocenters. The Balaban J connectivity index is 0.00000210. The van der Waals surface area contributed by atoms with Crippen LogP contribution in [0.25, 0.3) is 17.0 Å². The molecule has 0 fully saturated rings. The number of halogens is 1. The number of nitrogens with zero attached hydrogens (tertiary/aromatic N) is 2. The molecule has 27 heavy (non-hydrogen) atoms. The molecule has 0 amide bonds. The van der Waals surface area contributed by atoms with Gasteiger partial charge in [-0.2, -0.15) is 4.57 Å². The first-order valence-electron chi connectivity index (χ1n) is 8.85. The van der Waals surface area contributed by atoms with E-state index in [0.717, 1.165) is 12.3 Å². The molecule has 1 aliphatic rings. The van der Waals surface area contributed by atoms with E-state index in [4.69, 9.17) is 4.74 Å². The Hall–Kier alpha value is -1.73. The minimum Gasteiger partial charge on any atom is -1.00 e. The smallest absolute Gasteiger partial charge is 0.213 e. The largest absolute Gasteiger partial charge is 1.00 e. The number of rotatable bonds is 3. The number of hydrogen-bond donors (Lipinski definition) is 0. The van der Waals surface area contributed by atoms with Crippen molar-refractivity contribution in [3.8, 4) is 5.75 Å². The number of pyridine rings is 1. The van der Waals surface area contributed by atoms with Gasteiger partial charge in [0.2, 0.25) is 11.2 Å². The molecule has 0 saturated carbocycles. The van der Waals surface area contributed by atoms with Crippen molar-refractivity contribution in [1.82, 2.24) is 0 Å². The summed E-state index contributed by atoms with van der Waals surface area (Å²) in [6.07, 6.45) is 2.28. The molecule has 5 heteroatoms. The van der Waals surface area contributed by atoms with E-state index in [1.165, 1.54) is 37.8 Å². The minimum absolute atomic E-state index is 0. The van der Waals surface area contributed by atoms with Crippen molar-refractivity contribution >= 4 is 34.4 Å². The summed E-state index contributed by atoms with van der Waals surface area (Å²) in [6, 6.07) is 17.3. The van der Waals surface area contributed by atoms with Gasteiger partial charge < -0.3 is 33.6 Å². The van der Waals surface area contributed by atoms with Gasteiger partial charge in [0, 0.05) is 41.6 Å². The van der Waals surface area contributed by atoms with Gasteiger partial charge in [0.15, 0.2) is 0 Å². The van der Waals surface area contributed by atoms with E-state index in [-0.39, 0.29) is 24.0 Å². The first-order valence-corrected chi connectivity index (χ1v) is 9.67. The van der Waals surface area contributed by atoms with Gasteiger partial charge in [0.25, 0.3) is 0 Å². The summed E-state index contributed by atoms with van der Waals surface area (Å²) in [4.78, 5) is 3.50. The number of thioether (sulfide) groups is 1. The fourth-order valence-electron chi connectivity index (χ4n) is 3.44. The molecule has 0 saturated heterocycles. The lowest BCUT2D eigenvalue weighted by molar-refractivity contribution is -0.669. The van der Waals surface area contributed by atoms with E-state index in [0.29, 0.717) is 0 Å². The Morgan fingerprint density at radius 2 is 1.89 bits per heavy atom. The van der Waals surface area contributed by atoms with Crippen molar-refractivity contribution in [2.45, 2.75) is 25.3 Å². The van der Waals surface area contributed by atoms with Gasteiger partial charge >= 0.3 is 0 Å². The van der Waals surface area contributed by atoms with Crippen molar-refractivity contribution in [2.24, 2.45) is 0 Å². The van der Waals surface area contributed by atoms with Gasteiger partial charge in [-0.05, 0) is 43.7 Å². The third-order valence-corrected chi connectivity index (χ3v) is 6.05. The number of benzene rings is 2. The third kappa shape index (κ3) is 3.67. The van der Waals surface area contributed by atoms with E-state index in [2.05, 4.69) is 78.9 Å². The maximum atomic E-state index is 5.38. The summed E-state index contributed by atoms with van der Waals surface area (Å²) < 4.78 is 7.76. The van der Waals surface area contributed by atoms with Gasteiger partial charge in [-0.15, -0.1) is 0 Å². The average Bonchev–Trinajstić information content (AvgIpc) is 2.96. The summed E-state index contributed by atoms with van der Waals surface area (Å²) in [5.41, 5.74) is 4.99. The third-order valence-electron chi connectivity index (χ3n) is 4.88. The van der Waals surface area contributed by atoms with Crippen molar-refractivity contribution < 1.29 is 33.3 Å². The van der Waals surface area contributed by atoms with Gasteiger partial charge in [0.05, 0.1) is 17.8 Å². The highest BCUT2D eigenvalue weighted by Crippen LogP contribution is 2.46. The molecule has 0 N–H and O–H groups in total. The van der Waals surface area contributed by atoms with Crippen molar-refractivity contribution in [1.29, 1.82) is 0 Å². The Bertz CT molecular complexity index is 1030. The number of methoxy groups -OCH3 is 1. The molecule has 2 aromatic carbocycles. The van der Waals surface area contributed by atoms with E-state index in [1.807, 2.05) is 6.07 Å². The SMILES string of the molecule is CC[n+]1c(/C=C2/Sc3ccc(OC)cc3N2C)ccc2ccc(C)cc21.[I-]. The van der Waals surface area contributed by atoms with Crippen molar-refractivity contribution in [2.75, 3.05) is 19.1 Å². The second kappa shape index (κ2) is 8.10. The van der Waals surface area contributed by atoms with E-state index >= 15 is 0 Å². The van der Waals surface area contributed by atoms with Crippen LogP contribution >= 0.6 is 11.8 Å². The first kappa shape index (κ1) is 20.0. The quantitative estimate of drug-likeness (QED) is 0.413. The Labute approximate surface area is 182 Å². The molecule has 3 aromatic rings. The molecule has 3 nitrogen and oxygen atoms in total. The molecule has 1 aliphatic heterocycles. The molecule has 0 aliphatic carbocycles. The molecule has 0 bridgehead atoms. The zero-order valence-electron chi connectivity index (χ0n) is 16.0. The monoisotopic (exact) mass is 490 g/mol. The summed E-state index contributed by atoms with van der Waals surface area (Å²) in [6.45, 7) is 5.29. The van der Waals surface area contributed by atoms with Crippen LogP contribution in [0.5, 0.6) is 5.75 Å². The fraction of sp³-hybridized carbons (Fsp3) is 0.227. The molecule has 0 unspecified atom stereocenters. The van der Waals surface area contributed by atoms with E-state index in [1.54, 1.807) is 18.9 Å². The van der Waals surface area contributed by atoms with Crippen LogP contribution < -0.4 is 38.2 Å². The normalized spacial score (nSPS) is 14.4. The molecule has 0 spiro atoms. The molecule has 0 radical (unpaired) electrons. The van der Waals surface area contributed by atoms with Crippen LogP contribution in [0.4, 0.5) is 5.69 Å². The second-order valence-corrected chi connectivity index (χ2v) is 7.60. The van der Waals surface area contributed by atoms with Crippen LogP contribution in [0.2, 0.25) is 0 Å². The lowest BCUT2D eigenvalue weighted by atomic mass is 10.1. The molecule has 4 rings (SSSR count). The van der Waals surface area contributed by atoms with Crippen LogP contribution in [0.1, 0.15) is 18.2 Å². The Morgan fingerprint density at radius 3 is 2.63 bits per heavy atom. The summed E-state index contributed by atoms with van der Waals surface area (Å²) in [5, 5.41) is 2.50. The lowest BCUT2D eigenvalue weighted by Gasteiger charge is -2.14. The number of aryl methyl sites for hydroxylation is 2. The Morgan fingerprint density at radius 1 is 1.11 bits per heavy atom. The highest BCUT2D eigenvalue weighted by Gasteiger charge is 2.24. The molecular formula is C22H23IN2OS. The number of aromatic nitrogens is 1. The predicted molar refractivity (Wildman–Crippen MR) is 110 cm³/mol. The zero-order valence-corrected chi connectivity index (χ0v) is 19.0. The molecule has 1 aromatic heterocycles. The van der Waals surface area contributed by atoms with Crippen LogP contribution in [0, 0.1) is 6.92 Å². The number of fused-ring (bicyclic) bond motifs is 2. The minimum atomic E-state index is 0. The van der Waals surface area contributed by atoms with Gasteiger partial charge in [0.1, 0.15) is 12.3 Å². The van der Waals surface area contributed by atoms with E-state index < -0.39 is 0 Å². The van der Waals surface area contributed by atoms with Gasteiger partial charge in [-0.25, -0.2) is 0 Å². The van der Waals surface area contributed by atoms with Crippen molar-refractivity contribution in [3.05, 3.63) is 64.8 Å². The number of ether oxygens (including phenoxy) is 1. The standard InChI is InChI=1S/C22H23N2OS.HI/c1-5-24-17(9-8-16-7-6-15(2)12-19(16)24)13-22-23(3)20-14-18(25-4)10-11-21(20)26-22;/h6-14H,5H2,1-4H3;1H/q+1;/p-1. The number of anilines is 1. The van der Waals surface area contributed by atoms with Crippen LogP contribution in [0.15, 0.2) is 58.5 Å². The first-order chi connectivity index (χ1) is 12.6. The maximum absolute atomic E-state index is 5.38. The Kier molecular flexibility index (Phi) is 6.01. The second-order valence-electron chi connectivity index (χ2n) is 6.54. The number of hydrogen-bond acceptors (Lipinski definition) is 3. The summed E-state index contributed by atoms with van der Waals surface area (Å²) in [7, 11) is 3.83. The zero-order chi connectivity index (χ0) is 18.3. The highest BCUT2D eigenvalue weighted by molar-refractivity contribution is 8.03. The summed E-state index contributed by atoms with van der Waals surface area (Å²) >= 11 is 1.80. The van der Waals surface area contributed by atoms with Gasteiger partial charge in [-0.1, -0.05) is 17.8 Å². The summed E-state index contributed by atoms with van der Waals surface area (Å²) in [5.74, 6) is 0.891. The maximum Gasteiger partial charge on any atom is 0.213 e.